The van der Waals surface area contributed by atoms with Crippen LogP contribution in [0.1, 0.15) is 64.7 Å². The van der Waals surface area contributed by atoms with Gasteiger partial charge in [-0.25, -0.2) is 0 Å². The van der Waals surface area contributed by atoms with Gasteiger partial charge in [0.25, 0.3) is 0 Å². The molecule has 0 fully saturated rings. The van der Waals surface area contributed by atoms with Crippen LogP contribution in [-0.2, 0) is 4.79 Å². The van der Waals surface area contributed by atoms with Crippen LogP contribution in [0, 0.1) is 5.92 Å². The summed E-state index contributed by atoms with van der Waals surface area (Å²) >= 11 is 1.37. The van der Waals surface area contributed by atoms with Crippen molar-refractivity contribution in [3.63, 3.8) is 0 Å². The average molecular weight is 483 g/mol. The molecule has 0 aromatic heterocycles. The fourth-order valence-electron chi connectivity index (χ4n) is 4.54. The number of carbonyl (C=O) groups is 1. The van der Waals surface area contributed by atoms with Crippen molar-refractivity contribution in [1.29, 1.82) is 0 Å². The van der Waals surface area contributed by atoms with Crippen LogP contribution in [0.4, 0.5) is 0 Å². The van der Waals surface area contributed by atoms with Crippen molar-refractivity contribution in [1.82, 2.24) is 0 Å². The number of hydrogen-bond acceptors (Lipinski definition) is 5. The third-order valence-corrected chi connectivity index (χ3v) is 7.43. The number of allylic oxidation sites excluding steroid dienone is 1. The van der Waals surface area contributed by atoms with Gasteiger partial charge in [0.15, 0.2) is 5.78 Å². The Hall–Kier alpha value is -2.08. The number of rotatable bonds is 15. The normalized spacial score (nSPS) is 20.9. The minimum atomic E-state index is -1.33. The van der Waals surface area contributed by atoms with Gasteiger partial charge >= 0.3 is 0 Å². The molecule has 3 unspecified atom stereocenters. The van der Waals surface area contributed by atoms with Crippen molar-refractivity contribution < 1.29 is 19.7 Å². The van der Waals surface area contributed by atoms with Gasteiger partial charge in [-0.2, -0.15) is 0 Å². The molecule has 0 saturated heterocycles. The minimum Gasteiger partial charge on any atom is -0.494 e. The standard InChI is InChI=1S/C29H38O4S/c1-2-3-4-5-12-19-25(30)27-28(31)26(34-24-17-10-7-11-18-24)22-29(27,32)20-13-14-21-33-23-15-8-6-9-16-23/h6-11,15-18,22,25,27,30,32H,2-5,12-14,19-21H2,1H3. The summed E-state index contributed by atoms with van der Waals surface area (Å²) < 4.78 is 5.77. The second kappa shape index (κ2) is 13.7. The molecule has 3 rings (SSSR count). The maximum atomic E-state index is 13.3. The molecule has 0 spiro atoms. The zero-order valence-corrected chi connectivity index (χ0v) is 21.0. The van der Waals surface area contributed by atoms with Crippen molar-refractivity contribution in [3.8, 4) is 5.75 Å². The Balaban J connectivity index is 1.61. The predicted octanol–water partition coefficient (Wildman–Crippen LogP) is 6.56. The molecule has 3 atom stereocenters. The first kappa shape index (κ1) is 26.5. The lowest BCUT2D eigenvalue weighted by Gasteiger charge is -2.31. The summed E-state index contributed by atoms with van der Waals surface area (Å²) in [5.74, 6) is -0.118. The molecule has 0 radical (unpaired) electrons. The van der Waals surface area contributed by atoms with Gasteiger partial charge in [0.05, 0.1) is 29.1 Å². The number of aliphatic hydroxyl groups excluding tert-OH is 1. The molecular formula is C29H38O4S. The van der Waals surface area contributed by atoms with Crippen molar-refractivity contribution in [3.05, 3.63) is 71.6 Å². The molecule has 1 aliphatic carbocycles. The number of hydrogen-bond donors (Lipinski definition) is 2. The molecule has 0 heterocycles. The van der Waals surface area contributed by atoms with Gasteiger partial charge in [-0.15, -0.1) is 0 Å². The molecule has 184 valence electrons. The van der Waals surface area contributed by atoms with Gasteiger partial charge < -0.3 is 14.9 Å². The van der Waals surface area contributed by atoms with E-state index < -0.39 is 17.6 Å². The van der Waals surface area contributed by atoms with Crippen molar-refractivity contribution in [2.45, 2.75) is 81.3 Å². The first-order chi connectivity index (χ1) is 16.5. The largest absolute Gasteiger partial charge is 0.494 e. The fraction of sp³-hybridized carbons (Fsp3) is 0.483. The Morgan fingerprint density at radius 3 is 2.32 bits per heavy atom. The number of ether oxygens (including phenoxy) is 1. The summed E-state index contributed by atoms with van der Waals surface area (Å²) in [7, 11) is 0. The van der Waals surface area contributed by atoms with E-state index in [-0.39, 0.29) is 5.78 Å². The number of Topliss-reactive ketones (excluding diaryl/α,β-unsaturated/α-hetero) is 1. The first-order valence-electron chi connectivity index (χ1n) is 12.6. The third kappa shape index (κ3) is 7.72. The van der Waals surface area contributed by atoms with Crippen LogP contribution in [0.5, 0.6) is 5.75 Å². The van der Waals surface area contributed by atoms with Crippen LogP contribution >= 0.6 is 11.8 Å². The second-order valence-electron chi connectivity index (χ2n) is 9.15. The highest BCUT2D eigenvalue weighted by molar-refractivity contribution is 8.04. The number of thioether (sulfide) groups is 1. The van der Waals surface area contributed by atoms with Gasteiger partial charge in [-0.1, -0.05) is 87.2 Å². The van der Waals surface area contributed by atoms with E-state index in [0.29, 0.717) is 30.8 Å². The summed E-state index contributed by atoms with van der Waals surface area (Å²) in [6, 6.07) is 19.4. The van der Waals surface area contributed by atoms with E-state index in [1.807, 2.05) is 60.7 Å². The number of para-hydroxylation sites is 1. The maximum Gasteiger partial charge on any atom is 0.178 e. The number of benzene rings is 2. The van der Waals surface area contributed by atoms with Gasteiger partial charge in [-0.3, -0.25) is 4.79 Å². The van der Waals surface area contributed by atoms with Crippen LogP contribution in [-0.4, -0.2) is 34.3 Å². The molecule has 0 aliphatic heterocycles. The van der Waals surface area contributed by atoms with Crippen molar-refractivity contribution in [2.75, 3.05) is 6.61 Å². The Bertz CT molecular complexity index is 899. The van der Waals surface area contributed by atoms with E-state index in [1.54, 1.807) is 6.08 Å². The summed E-state index contributed by atoms with van der Waals surface area (Å²) in [5, 5.41) is 22.6. The predicted molar refractivity (Wildman–Crippen MR) is 139 cm³/mol. The van der Waals surface area contributed by atoms with Crippen LogP contribution < -0.4 is 4.74 Å². The molecule has 2 aromatic carbocycles. The van der Waals surface area contributed by atoms with Crippen LogP contribution in [0.2, 0.25) is 0 Å². The smallest absolute Gasteiger partial charge is 0.178 e. The van der Waals surface area contributed by atoms with E-state index >= 15 is 0 Å². The van der Waals surface area contributed by atoms with Gasteiger partial charge in [0.2, 0.25) is 0 Å². The third-order valence-electron chi connectivity index (χ3n) is 6.39. The highest BCUT2D eigenvalue weighted by Crippen LogP contribution is 2.44. The van der Waals surface area contributed by atoms with E-state index in [0.717, 1.165) is 36.3 Å². The Morgan fingerprint density at radius 1 is 0.941 bits per heavy atom. The molecule has 34 heavy (non-hydrogen) atoms. The van der Waals surface area contributed by atoms with Crippen LogP contribution in [0.3, 0.4) is 0 Å². The van der Waals surface area contributed by atoms with Crippen LogP contribution in [0.25, 0.3) is 0 Å². The first-order valence-corrected chi connectivity index (χ1v) is 13.4. The molecular weight excluding hydrogens is 444 g/mol. The number of unbranched alkanes of at least 4 members (excludes halogenated alkanes) is 5. The van der Waals surface area contributed by atoms with Gasteiger partial charge in [0, 0.05) is 4.90 Å². The SMILES string of the molecule is CCCCCCCC(O)C1C(=O)C(Sc2ccccc2)=CC1(O)CCCCOc1ccccc1. The number of aliphatic hydroxyl groups is 2. The lowest BCUT2D eigenvalue weighted by Crippen LogP contribution is -2.43. The Kier molecular flexibility index (Phi) is 10.7. The van der Waals surface area contributed by atoms with E-state index in [1.165, 1.54) is 24.6 Å². The average Bonchev–Trinajstić information content (AvgIpc) is 3.09. The molecule has 5 heteroatoms. The maximum absolute atomic E-state index is 13.3. The van der Waals surface area contributed by atoms with E-state index in [2.05, 4.69) is 6.92 Å². The van der Waals surface area contributed by atoms with E-state index in [9.17, 15) is 15.0 Å². The number of carbonyl (C=O) groups excluding carboxylic acids is 1. The lowest BCUT2D eigenvalue weighted by molar-refractivity contribution is -0.130. The molecule has 0 bridgehead atoms. The van der Waals surface area contributed by atoms with Gasteiger partial charge in [0.1, 0.15) is 5.75 Å². The van der Waals surface area contributed by atoms with Crippen LogP contribution in [0.15, 0.2) is 76.5 Å². The molecule has 4 nitrogen and oxygen atoms in total. The lowest BCUT2D eigenvalue weighted by atomic mass is 9.80. The zero-order chi connectivity index (χ0) is 24.2. The monoisotopic (exact) mass is 482 g/mol. The Morgan fingerprint density at radius 2 is 1.62 bits per heavy atom. The highest BCUT2D eigenvalue weighted by atomic mass is 32.2. The van der Waals surface area contributed by atoms with Crippen molar-refractivity contribution in [2.24, 2.45) is 5.92 Å². The quantitative estimate of drug-likeness (QED) is 0.281. The highest BCUT2D eigenvalue weighted by Gasteiger charge is 2.49. The fourth-order valence-corrected chi connectivity index (χ4v) is 5.58. The van der Waals surface area contributed by atoms with Gasteiger partial charge in [-0.05, 0) is 56.0 Å². The molecule has 1 aliphatic rings. The molecule has 0 saturated carbocycles. The zero-order valence-electron chi connectivity index (χ0n) is 20.2. The summed E-state index contributed by atoms with van der Waals surface area (Å²) in [6.07, 6.45) is 8.70. The van der Waals surface area contributed by atoms with E-state index in [4.69, 9.17) is 4.74 Å². The molecule has 0 amide bonds. The number of ketones is 1. The summed E-state index contributed by atoms with van der Waals surface area (Å²) in [4.78, 5) is 14.8. The molecule has 2 N–H and O–H groups in total. The molecule has 2 aromatic rings. The Labute approximate surface area is 208 Å². The summed E-state index contributed by atoms with van der Waals surface area (Å²) in [5.41, 5.74) is -1.33. The minimum absolute atomic E-state index is 0.141. The second-order valence-corrected chi connectivity index (χ2v) is 10.3. The summed E-state index contributed by atoms with van der Waals surface area (Å²) in [6.45, 7) is 2.72. The van der Waals surface area contributed by atoms with Crippen molar-refractivity contribution >= 4 is 17.5 Å². The topological polar surface area (TPSA) is 66.8 Å².